The molecule has 28 heavy (non-hydrogen) atoms. The summed E-state index contributed by atoms with van der Waals surface area (Å²) < 4.78 is 33.2. The lowest BCUT2D eigenvalue weighted by Gasteiger charge is -2.17. The first kappa shape index (κ1) is 17.9. The minimum absolute atomic E-state index is 0.298. The summed E-state index contributed by atoms with van der Waals surface area (Å²) in [6.45, 7) is 1.70. The molecule has 0 aliphatic heterocycles. The van der Waals surface area contributed by atoms with Crippen LogP contribution < -0.4 is 5.32 Å². The summed E-state index contributed by atoms with van der Waals surface area (Å²) in [5.74, 6) is 0.00351. The van der Waals surface area contributed by atoms with Crippen LogP contribution in [0.1, 0.15) is 23.1 Å². The number of rotatable bonds is 5. The van der Waals surface area contributed by atoms with Crippen LogP contribution in [0, 0.1) is 18.6 Å². The average Bonchev–Trinajstić information content (AvgIpc) is 3.20. The standard InChI is InChI=1S/C22H17F2N3O/c1-14-7-12-18(13-19(14)24)25-20(15-8-10-17(23)11-9-15)22-27-26-21(28-22)16-5-3-2-4-6-16/h2-13,20,25H,1H3. The molecule has 0 fully saturated rings. The van der Waals surface area contributed by atoms with Crippen molar-refractivity contribution in [2.45, 2.75) is 13.0 Å². The first-order valence-corrected chi connectivity index (χ1v) is 8.77. The monoisotopic (exact) mass is 377 g/mol. The van der Waals surface area contributed by atoms with Gasteiger partial charge < -0.3 is 9.73 Å². The van der Waals surface area contributed by atoms with Crippen LogP contribution in [0.4, 0.5) is 14.5 Å². The lowest BCUT2D eigenvalue weighted by Crippen LogP contribution is -2.13. The van der Waals surface area contributed by atoms with Crippen molar-refractivity contribution in [1.29, 1.82) is 0 Å². The Hall–Kier alpha value is -3.54. The lowest BCUT2D eigenvalue weighted by molar-refractivity contribution is 0.493. The van der Waals surface area contributed by atoms with Gasteiger partial charge in [0.05, 0.1) is 0 Å². The molecule has 6 heteroatoms. The fraction of sp³-hybridized carbons (Fsp3) is 0.0909. The molecule has 3 aromatic carbocycles. The number of nitrogens with zero attached hydrogens (tertiary/aromatic N) is 2. The van der Waals surface area contributed by atoms with Crippen molar-refractivity contribution in [3.63, 3.8) is 0 Å². The molecule has 140 valence electrons. The summed E-state index contributed by atoms with van der Waals surface area (Å²) in [5, 5.41) is 11.5. The number of hydrogen-bond acceptors (Lipinski definition) is 4. The van der Waals surface area contributed by atoms with E-state index in [0.29, 0.717) is 28.6 Å². The molecule has 1 unspecified atom stereocenters. The lowest BCUT2D eigenvalue weighted by atomic mass is 10.1. The molecule has 0 aliphatic rings. The highest BCUT2D eigenvalue weighted by Crippen LogP contribution is 2.29. The molecule has 0 radical (unpaired) electrons. The maximum atomic E-state index is 14.0. The Bertz CT molecular complexity index is 1080. The molecule has 1 atom stereocenters. The number of halogens is 2. The fourth-order valence-corrected chi connectivity index (χ4v) is 2.84. The molecule has 1 N–H and O–H groups in total. The summed E-state index contributed by atoms with van der Waals surface area (Å²) in [4.78, 5) is 0. The van der Waals surface area contributed by atoms with Gasteiger partial charge in [-0.2, -0.15) is 0 Å². The van der Waals surface area contributed by atoms with E-state index in [4.69, 9.17) is 4.42 Å². The van der Waals surface area contributed by atoms with Crippen molar-refractivity contribution in [3.8, 4) is 11.5 Å². The second-order valence-electron chi connectivity index (χ2n) is 6.40. The van der Waals surface area contributed by atoms with Crippen molar-refractivity contribution in [2.24, 2.45) is 0 Å². The van der Waals surface area contributed by atoms with Crippen LogP contribution in [-0.4, -0.2) is 10.2 Å². The van der Waals surface area contributed by atoms with E-state index in [1.54, 1.807) is 31.2 Å². The Labute approximate surface area is 160 Å². The average molecular weight is 377 g/mol. The van der Waals surface area contributed by atoms with Gasteiger partial charge in [-0.15, -0.1) is 10.2 Å². The van der Waals surface area contributed by atoms with Crippen LogP contribution >= 0.6 is 0 Å². The molecule has 4 nitrogen and oxygen atoms in total. The molecular formula is C22H17F2N3O. The van der Waals surface area contributed by atoms with Gasteiger partial charge in [0, 0.05) is 11.3 Å². The summed E-state index contributed by atoms with van der Waals surface area (Å²) in [6.07, 6.45) is 0. The van der Waals surface area contributed by atoms with Gasteiger partial charge in [-0.25, -0.2) is 8.78 Å². The summed E-state index contributed by atoms with van der Waals surface area (Å²) in [6, 6.07) is 19.7. The predicted octanol–water partition coefficient (Wildman–Crippen LogP) is 5.52. The normalized spacial score (nSPS) is 12.0. The molecule has 0 bridgehead atoms. The van der Waals surface area contributed by atoms with E-state index in [2.05, 4.69) is 15.5 Å². The molecule has 4 aromatic rings. The summed E-state index contributed by atoms with van der Waals surface area (Å²) in [5.41, 5.74) is 2.61. The van der Waals surface area contributed by atoms with Crippen LogP contribution in [-0.2, 0) is 0 Å². The van der Waals surface area contributed by atoms with E-state index in [1.807, 2.05) is 30.3 Å². The number of anilines is 1. The van der Waals surface area contributed by atoms with Crippen LogP contribution in [0.3, 0.4) is 0 Å². The van der Waals surface area contributed by atoms with Crippen LogP contribution in [0.5, 0.6) is 0 Å². The number of hydrogen-bond donors (Lipinski definition) is 1. The first-order valence-electron chi connectivity index (χ1n) is 8.77. The van der Waals surface area contributed by atoms with Crippen LogP contribution in [0.2, 0.25) is 0 Å². The Morgan fingerprint density at radius 2 is 1.64 bits per heavy atom. The van der Waals surface area contributed by atoms with Gasteiger partial charge in [0.2, 0.25) is 11.8 Å². The van der Waals surface area contributed by atoms with Crippen LogP contribution in [0.25, 0.3) is 11.5 Å². The van der Waals surface area contributed by atoms with E-state index in [9.17, 15) is 8.78 Å². The zero-order valence-corrected chi connectivity index (χ0v) is 15.1. The van der Waals surface area contributed by atoms with Gasteiger partial charge in [-0.3, -0.25) is 0 Å². The number of nitrogens with one attached hydrogen (secondary N) is 1. The molecule has 0 saturated carbocycles. The zero-order valence-electron chi connectivity index (χ0n) is 15.1. The largest absolute Gasteiger partial charge is 0.418 e. The Balaban J connectivity index is 1.71. The predicted molar refractivity (Wildman–Crippen MR) is 103 cm³/mol. The van der Waals surface area contributed by atoms with Gasteiger partial charge in [0.1, 0.15) is 17.7 Å². The highest BCUT2D eigenvalue weighted by atomic mass is 19.1. The highest BCUT2D eigenvalue weighted by Gasteiger charge is 2.22. The Morgan fingerprint density at radius 3 is 2.36 bits per heavy atom. The molecule has 0 aliphatic carbocycles. The number of aryl methyl sites for hydroxylation is 1. The summed E-state index contributed by atoms with van der Waals surface area (Å²) in [7, 11) is 0. The first-order chi connectivity index (χ1) is 13.6. The molecule has 0 saturated heterocycles. The molecular weight excluding hydrogens is 360 g/mol. The highest BCUT2D eigenvalue weighted by molar-refractivity contribution is 5.53. The van der Waals surface area contributed by atoms with Crippen molar-refractivity contribution >= 4 is 5.69 Å². The van der Waals surface area contributed by atoms with Gasteiger partial charge in [0.15, 0.2) is 0 Å². The minimum Gasteiger partial charge on any atom is -0.418 e. The van der Waals surface area contributed by atoms with E-state index in [0.717, 1.165) is 5.56 Å². The van der Waals surface area contributed by atoms with E-state index < -0.39 is 6.04 Å². The topological polar surface area (TPSA) is 51.0 Å². The third kappa shape index (κ3) is 3.76. The Kier molecular flexibility index (Phi) is 4.85. The molecule has 1 heterocycles. The quantitative estimate of drug-likeness (QED) is 0.497. The van der Waals surface area contributed by atoms with Crippen molar-refractivity contribution in [2.75, 3.05) is 5.32 Å². The minimum atomic E-state index is -0.562. The zero-order chi connectivity index (χ0) is 19.5. The molecule has 4 rings (SSSR count). The third-order valence-corrected chi connectivity index (χ3v) is 4.39. The number of benzene rings is 3. The maximum Gasteiger partial charge on any atom is 0.247 e. The van der Waals surface area contributed by atoms with Crippen molar-refractivity contribution < 1.29 is 13.2 Å². The van der Waals surface area contributed by atoms with Gasteiger partial charge >= 0.3 is 0 Å². The van der Waals surface area contributed by atoms with Crippen LogP contribution in [0.15, 0.2) is 77.2 Å². The maximum absolute atomic E-state index is 14.0. The third-order valence-electron chi connectivity index (χ3n) is 4.39. The van der Waals surface area contributed by atoms with E-state index in [1.165, 1.54) is 18.2 Å². The second-order valence-corrected chi connectivity index (χ2v) is 6.40. The fourth-order valence-electron chi connectivity index (χ4n) is 2.84. The van der Waals surface area contributed by atoms with E-state index in [-0.39, 0.29) is 11.6 Å². The molecule has 0 spiro atoms. The van der Waals surface area contributed by atoms with Crippen molar-refractivity contribution in [1.82, 2.24) is 10.2 Å². The SMILES string of the molecule is Cc1ccc(NC(c2ccc(F)cc2)c2nnc(-c3ccccc3)o2)cc1F. The molecule has 0 amide bonds. The molecule has 1 aromatic heterocycles. The van der Waals surface area contributed by atoms with Gasteiger partial charge in [-0.1, -0.05) is 36.4 Å². The number of aromatic nitrogens is 2. The van der Waals surface area contributed by atoms with E-state index >= 15 is 0 Å². The summed E-state index contributed by atoms with van der Waals surface area (Å²) >= 11 is 0. The van der Waals surface area contributed by atoms with Gasteiger partial charge in [-0.05, 0) is 54.4 Å². The van der Waals surface area contributed by atoms with Crippen molar-refractivity contribution in [3.05, 3.63) is 101 Å². The second kappa shape index (κ2) is 7.60. The smallest absolute Gasteiger partial charge is 0.247 e. The Morgan fingerprint density at radius 1 is 0.893 bits per heavy atom. The van der Waals surface area contributed by atoms with Gasteiger partial charge in [0.25, 0.3) is 0 Å².